The minimum absolute atomic E-state index is 0.151. The largest absolute Gasteiger partial charge is 0.469 e. The minimum atomic E-state index is -0.759. The SMILES string of the molecule is C=C(C)C(=O)OCC(=O)OC1C2CC3C1OC(=O)C3C2C(=O)OC. The van der Waals surface area contributed by atoms with Gasteiger partial charge >= 0.3 is 23.9 Å². The van der Waals surface area contributed by atoms with Crippen LogP contribution in [0.5, 0.6) is 0 Å². The quantitative estimate of drug-likeness (QED) is 0.392. The molecule has 2 bridgehead atoms. The van der Waals surface area contributed by atoms with E-state index in [-0.39, 0.29) is 17.4 Å². The summed E-state index contributed by atoms with van der Waals surface area (Å²) in [4.78, 5) is 47.2. The fraction of sp³-hybridized carbons (Fsp3) is 0.625. The van der Waals surface area contributed by atoms with E-state index in [4.69, 9.17) is 18.9 Å². The van der Waals surface area contributed by atoms with Crippen molar-refractivity contribution in [1.82, 2.24) is 0 Å². The third-order valence-electron chi connectivity index (χ3n) is 4.96. The van der Waals surface area contributed by atoms with Crippen molar-refractivity contribution in [3.05, 3.63) is 12.2 Å². The van der Waals surface area contributed by atoms with Crippen LogP contribution in [0.4, 0.5) is 0 Å². The molecule has 0 N–H and O–H groups in total. The Hall–Kier alpha value is -2.38. The molecule has 0 aromatic carbocycles. The highest BCUT2D eigenvalue weighted by Gasteiger charge is 2.70. The van der Waals surface area contributed by atoms with E-state index in [1.807, 2.05) is 0 Å². The first kappa shape index (κ1) is 16.5. The summed E-state index contributed by atoms with van der Waals surface area (Å²) in [7, 11) is 1.25. The van der Waals surface area contributed by atoms with E-state index in [2.05, 4.69) is 6.58 Å². The van der Waals surface area contributed by atoms with Gasteiger partial charge in [-0.3, -0.25) is 9.59 Å². The molecule has 3 aliphatic rings. The maximum absolute atomic E-state index is 12.0. The van der Waals surface area contributed by atoms with Crippen LogP contribution in [0.1, 0.15) is 13.3 Å². The van der Waals surface area contributed by atoms with Crippen LogP contribution < -0.4 is 0 Å². The van der Waals surface area contributed by atoms with Crippen LogP contribution in [0.15, 0.2) is 12.2 Å². The number of fused-ring (bicyclic) bond motifs is 1. The zero-order chi connectivity index (χ0) is 17.6. The number of ether oxygens (including phenoxy) is 4. The Balaban J connectivity index is 1.68. The van der Waals surface area contributed by atoms with Crippen molar-refractivity contribution >= 4 is 23.9 Å². The first-order chi connectivity index (χ1) is 11.3. The van der Waals surface area contributed by atoms with E-state index < -0.39 is 54.5 Å². The van der Waals surface area contributed by atoms with Gasteiger partial charge in [-0.2, -0.15) is 0 Å². The second-order valence-electron chi connectivity index (χ2n) is 6.35. The lowest BCUT2D eigenvalue weighted by Gasteiger charge is -2.29. The van der Waals surface area contributed by atoms with Gasteiger partial charge in [-0.15, -0.1) is 0 Å². The number of methoxy groups -OCH3 is 1. The van der Waals surface area contributed by atoms with E-state index in [0.29, 0.717) is 6.42 Å². The molecule has 0 amide bonds. The molecule has 3 rings (SSSR count). The van der Waals surface area contributed by atoms with Gasteiger partial charge in [0.25, 0.3) is 0 Å². The predicted molar refractivity (Wildman–Crippen MR) is 76.1 cm³/mol. The van der Waals surface area contributed by atoms with Crippen molar-refractivity contribution in [2.75, 3.05) is 13.7 Å². The van der Waals surface area contributed by atoms with Crippen LogP contribution in [0.2, 0.25) is 0 Å². The number of carbonyl (C=O) groups is 4. The summed E-state index contributed by atoms with van der Waals surface area (Å²) >= 11 is 0. The molecule has 0 aromatic heterocycles. The zero-order valence-corrected chi connectivity index (χ0v) is 13.4. The number of rotatable bonds is 5. The van der Waals surface area contributed by atoms with E-state index in [9.17, 15) is 19.2 Å². The molecule has 1 saturated heterocycles. The van der Waals surface area contributed by atoms with Gasteiger partial charge in [0.05, 0.1) is 18.9 Å². The Kier molecular flexibility index (Phi) is 4.06. The average Bonchev–Trinajstić information content (AvgIpc) is 3.15. The molecule has 8 nitrogen and oxygen atoms in total. The zero-order valence-electron chi connectivity index (χ0n) is 13.4. The summed E-state index contributed by atoms with van der Waals surface area (Å²) in [5.74, 6) is -4.07. The van der Waals surface area contributed by atoms with E-state index in [1.165, 1.54) is 14.0 Å². The van der Waals surface area contributed by atoms with Crippen LogP contribution >= 0.6 is 0 Å². The Labute approximate surface area is 138 Å². The molecule has 2 aliphatic carbocycles. The van der Waals surface area contributed by atoms with Crippen molar-refractivity contribution in [2.24, 2.45) is 23.7 Å². The second-order valence-corrected chi connectivity index (χ2v) is 6.35. The lowest BCUT2D eigenvalue weighted by Crippen LogP contribution is -2.44. The van der Waals surface area contributed by atoms with Crippen molar-refractivity contribution < 1.29 is 38.1 Å². The normalized spacial score (nSPS) is 35.3. The van der Waals surface area contributed by atoms with Crippen molar-refractivity contribution in [2.45, 2.75) is 25.6 Å². The highest BCUT2D eigenvalue weighted by Crippen LogP contribution is 2.58. The molecule has 0 spiro atoms. The van der Waals surface area contributed by atoms with Crippen molar-refractivity contribution in [3.63, 3.8) is 0 Å². The molecule has 24 heavy (non-hydrogen) atoms. The van der Waals surface area contributed by atoms with Gasteiger partial charge in [0.2, 0.25) is 0 Å². The van der Waals surface area contributed by atoms with E-state index >= 15 is 0 Å². The third kappa shape index (κ3) is 2.46. The summed E-state index contributed by atoms with van der Waals surface area (Å²) in [6.07, 6.45) is -0.711. The fourth-order valence-corrected chi connectivity index (χ4v) is 4.04. The van der Waals surface area contributed by atoms with Gasteiger partial charge in [0.15, 0.2) is 6.61 Å². The van der Waals surface area contributed by atoms with Crippen LogP contribution in [0.25, 0.3) is 0 Å². The molecule has 1 aliphatic heterocycles. The average molecular weight is 338 g/mol. The molecule has 2 saturated carbocycles. The van der Waals surface area contributed by atoms with Gasteiger partial charge in [-0.1, -0.05) is 6.58 Å². The number of esters is 4. The molecule has 3 fully saturated rings. The van der Waals surface area contributed by atoms with Gasteiger partial charge in [-0.25, -0.2) is 9.59 Å². The summed E-state index contributed by atoms with van der Waals surface area (Å²) in [6, 6.07) is 0. The molecular formula is C16H18O8. The molecule has 0 radical (unpaired) electrons. The first-order valence-corrected chi connectivity index (χ1v) is 7.65. The van der Waals surface area contributed by atoms with Crippen LogP contribution in [0.3, 0.4) is 0 Å². The highest BCUT2D eigenvalue weighted by molar-refractivity contribution is 5.89. The van der Waals surface area contributed by atoms with E-state index in [0.717, 1.165) is 0 Å². The maximum Gasteiger partial charge on any atom is 0.344 e. The molecule has 8 heteroatoms. The predicted octanol–water partition coefficient (Wildman–Crippen LogP) is -0.00200. The van der Waals surface area contributed by atoms with E-state index in [1.54, 1.807) is 0 Å². The molecule has 0 aromatic rings. The second kappa shape index (κ2) is 5.92. The molecule has 1 heterocycles. The summed E-state index contributed by atoms with van der Waals surface area (Å²) in [5.41, 5.74) is 0.168. The summed E-state index contributed by atoms with van der Waals surface area (Å²) in [6.45, 7) is 4.31. The molecule has 130 valence electrons. The third-order valence-corrected chi connectivity index (χ3v) is 4.96. The van der Waals surface area contributed by atoms with Gasteiger partial charge in [0, 0.05) is 17.4 Å². The Morgan fingerprint density at radius 2 is 2.00 bits per heavy atom. The lowest BCUT2D eigenvalue weighted by atomic mass is 9.78. The van der Waals surface area contributed by atoms with Crippen LogP contribution in [-0.2, 0) is 38.1 Å². The number of hydrogen-bond donors (Lipinski definition) is 0. The standard InChI is InChI=1S/C16H18O8/c1-6(2)14(18)22-5-9(17)23-12-7-4-8-11(10(7)15(19)21-3)16(20)24-13(8)12/h7-8,10-13H,1,4-5H2,2-3H3. The summed E-state index contributed by atoms with van der Waals surface area (Å²) in [5, 5.41) is 0. The molecule has 6 atom stereocenters. The Bertz CT molecular complexity index is 624. The number of carbonyl (C=O) groups excluding carboxylic acids is 4. The monoisotopic (exact) mass is 338 g/mol. The van der Waals surface area contributed by atoms with Gasteiger partial charge in [-0.05, 0) is 13.3 Å². The van der Waals surface area contributed by atoms with Crippen LogP contribution in [0, 0.1) is 23.7 Å². The smallest absolute Gasteiger partial charge is 0.344 e. The minimum Gasteiger partial charge on any atom is -0.469 e. The Morgan fingerprint density at radius 1 is 1.29 bits per heavy atom. The molecule has 6 unspecified atom stereocenters. The summed E-state index contributed by atoms with van der Waals surface area (Å²) < 4.78 is 20.2. The van der Waals surface area contributed by atoms with Crippen LogP contribution in [-0.4, -0.2) is 49.8 Å². The van der Waals surface area contributed by atoms with Gasteiger partial charge in [0.1, 0.15) is 12.2 Å². The molecular weight excluding hydrogens is 320 g/mol. The lowest BCUT2D eigenvalue weighted by molar-refractivity contribution is -0.171. The Morgan fingerprint density at radius 3 is 2.62 bits per heavy atom. The fourth-order valence-electron chi connectivity index (χ4n) is 4.04. The number of hydrogen-bond acceptors (Lipinski definition) is 8. The van der Waals surface area contributed by atoms with Crippen molar-refractivity contribution in [1.29, 1.82) is 0 Å². The highest BCUT2D eigenvalue weighted by atomic mass is 16.6. The van der Waals surface area contributed by atoms with Crippen molar-refractivity contribution in [3.8, 4) is 0 Å². The first-order valence-electron chi connectivity index (χ1n) is 7.65. The van der Waals surface area contributed by atoms with Gasteiger partial charge < -0.3 is 18.9 Å². The maximum atomic E-state index is 12.0. The topological polar surface area (TPSA) is 105 Å².